The van der Waals surface area contributed by atoms with Crippen LogP contribution in [0.2, 0.25) is 5.02 Å². The average Bonchev–Trinajstić information content (AvgIpc) is 2.91. The van der Waals surface area contributed by atoms with Gasteiger partial charge in [0.05, 0.1) is 17.2 Å². The van der Waals surface area contributed by atoms with Crippen molar-refractivity contribution < 1.29 is 9.53 Å². The molecule has 1 amide bonds. The van der Waals surface area contributed by atoms with Gasteiger partial charge in [0.15, 0.2) is 0 Å². The van der Waals surface area contributed by atoms with Crippen LogP contribution in [0.1, 0.15) is 16.1 Å². The maximum atomic E-state index is 12.0. The summed E-state index contributed by atoms with van der Waals surface area (Å²) in [5, 5.41) is 5.21. The minimum absolute atomic E-state index is 0.00480. The second-order valence-corrected chi connectivity index (χ2v) is 5.79. The first-order valence-electron chi connectivity index (χ1n) is 5.59. The fourth-order valence-electron chi connectivity index (χ4n) is 2.60. The Morgan fingerprint density at radius 1 is 1.65 bits per heavy atom. The molecule has 1 aliphatic carbocycles. The van der Waals surface area contributed by atoms with E-state index in [0.29, 0.717) is 15.8 Å². The Hall–Kier alpha value is -0.620. The molecular weight excluding hydrogens is 260 g/mol. The van der Waals surface area contributed by atoms with Crippen molar-refractivity contribution >= 4 is 28.8 Å². The third-order valence-electron chi connectivity index (χ3n) is 3.57. The molecule has 6 heteroatoms. The van der Waals surface area contributed by atoms with Crippen molar-refractivity contribution in [2.24, 2.45) is 11.7 Å². The van der Waals surface area contributed by atoms with E-state index >= 15 is 0 Å². The molecule has 0 bridgehead atoms. The Bertz CT molecular complexity index is 450. The van der Waals surface area contributed by atoms with Gasteiger partial charge in [-0.3, -0.25) is 4.79 Å². The molecule has 0 radical (unpaired) electrons. The number of rotatable bonds is 2. The average molecular weight is 273 g/mol. The van der Waals surface area contributed by atoms with E-state index in [2.05, 4.69) is 5.32 Å². The Balaban J connectivity index is 1.68. The van der Waals surface area contributed by atoms with Gasteiger partial charge in [0.25, 0.3) is 5.91 Å². The number of amides is 1. The van der Waals surface area contributed by atoms with Gasteiger partial charge in [0, 0.05) is 18.6 Å². The van der Waals surface area contributed by atoms with Gasteiger partial charge in [-0.05, 0) is 17.9 Å². The van der Waals surface area contributed by atoms with Crippen LogP contribution in [0.15, 0.2) is 11.4 Å². The quantitative estimate of drug-likeness (QED) is 0.852. The van der Waals surface area contributed by atoms with Gasteiger partial charge >= 0.3 is 0 Å². The lowest BCUT2D eigenvalue weighted by molar-refractivity contribution is -0.0160. The summed E-state index contributed by atoms with van der Waals surface area (Å²) < 4.78 is 5.56. The van der Waals surface area contributed by atoms with Crippen LogP contribution in [-0.4, -0.2) is 30.7 Å². The van der Waals surface area contributed by atoms with E-state index in [4.69, 9.17) is 22.1 Å². The van der Waals surface area contributed by atoms with Gasteiger partial charge in [0.1, 0.15) is 4.88 Å². The van der Waals surface area contributed by atoms with Crippen LogP contribution in [0.4, 0.5) is 0 Å². The summed E-state index contributed by atoms with van der Waals surface area (Å²) in [5.41, 5.74) is 6.02. The molecule has 4 atom stereocenters. The van der Waals surface area contributed by atoms with Crippen LogP contribution in [0.3, 0.4) is 0 Å². The molecule has 0 spiro atoms. The second kappa shape index (κ2) is 4.24. The van der Waals surface area contributed by atoms with Gasteiger partial charge in [-0.1, -0.05) is 11.6 Å². The van der Waals surface area contributed by atoms with Crippen LogP contribution in [0.5, 0.6) is 0 Å². The van der Waals surface area contributed by atoms with E-state index in [1.165, 1.54) is 11.3 Å². The molecule has 2 aliphatic rings. The van der Waals surface area contributed by atoms with E-state index < -0.39 is 0 Å². The Kier molecular flexibility index (Phi) is 2.86. The van der Waals surface area contributed by atoms with Gasteiger partial charge < -0.3 is 15.8 Å². The first kappa shape index (κ1) is 11.5. The SMILES string of the molecule is NC1C2CCOC2C1NC(=O)c1sccc1Cl. The molecule has 1 aromatic rings. The fourth-order valence-corrected chi connectivity index (χ4v) is 3.64. The largest absolute Gasteiger partial charge is 0.376 e. The molecule has 3 rings (SSSR count). The molecular formula is C11H13ClN2O2S. The number of thiophene rings is 1. The molecule has 17 heavy (non-hydrogen) atoms. The molecule has 2 heterocycles. The molecule has 2 fully saturated rings. The molecule has 92 valence electrons. The highest BCUT2D eigenvalue weighted by Crippen LogP contribution is 2.38. The Labute approximate surface area is 108 Å². The molecule has 1 aliphatic heterocycles. The molecule has 3 N–H and O–H groups in total. The lowest BCUT2D eigenvalue weighted by atomic mass is 9.72. The second-order valence-electron chi connectivity index (χ2n) is 4.46. The highest BCUT2D eigenvalue weighted by atomic mass is 35.5. The monoisotopic (exact) mass is 272 g/mol. The fraction of sp³-hybridized carbons (Fsp3) is 0.545. The van der Waals surface area contributed by atoms with E-state index in [1.54, 1.807) is 11.4 Å². The Morgan fingerprint density at radius 2 is 2.47 bits per heavy atom. The first-order chi connectivity index (χ1) is 8.18. The van der Waals surface area contributed by atoms with E-state index in [0.717, 1.165) is 13.0 Å². The van der Waals surface area contributed by atoms with Gasteiger partial charge in [-0.25, -0.2) is 0 Å². The van der Waals surface area contributed by atoms with Crippen molar-refractivity contribution in [3.05, 3.63) is 21.3 Å². The number of nitrogens with two attached hydrogens (primary N) is 1. The summed E-state index contributed by atoms with van der Waals surface area (Å²) in [6, 6.07) is 1.65. The van der Waals surface area contributed by atoms with E-state index in [9.17, 15) is 4.79 Å². The maximum Gasteiger partial charge on any atom is 0.263 e. The third kappa shape index (κ3) is 1.78. The number of ether oxygens (including phenoxy) is 1. The summed E-state index contributed by atoms with van der Waals surface area (Å²) in [7, 11) is 0. The summed E-state index contributed by atoms with van der Waals surface area (Å²) in [6.45, 7) is 0.745. The highest BCUT2D eigenvalue weighted by molar-refractivity contribution is 7.12. The molecule has 1 saturated heterocycles. The number of nitrogens with one attached hydrogen (secondary N) is 1. The van der Waals surface area contributed by atoms with Crippen molar-refractivity contribution in [3.63, 3.8) is 0 Å². The summed E-state index contributed by atoms with van der Waals surface area (Å²) in [4.78, 5) is 12.5. The Morgan fingerprint density at radius 3 is 3.18 bits per heavy atom. The number of fused-ring (bicyclic) bond motifs is 1. The lowest BCUT2D eigenvalue weighted by Crippen LogP contribution is -2.68. The van der Waals surface area contributed by atoms with Gasteiger partial charge in [0.2, 0.25) is 0 Å². The van der Waals surface area contributed by atoms with Crippen molar-refractivity contribution in [3.8, 4) is 0 Å². The van der Waals surface area contributed by atoms with Crippen molar-refractivity contribution in [1.29, 1.82) is 0 Å². The summed E-state index contributed by atoms with van der Waals surface area (Å²) in [5.74, 6) is 0.249. The minimum atomic E-state index is -0.153. The summed E-state index contributed by atoms with van der Waals surface area (Å²) >= 11 is 7.25. The number of hydrogen-bond donors (Lipinski definition) is 2. The summed E-state index contributed by atoms with van der Waals surface area (Å²) in [6.07, 6.45) is 1.09. The zero-order chi connectivity index (χ0) is 12.0. The molecule has 4 nitrogen and oxygen atoms in total. The van der Waals surface area contributed by atoms with Gasteiger partial charge in [-0.15, -0.1) is 11.3 Å². The minimum Gasteiger partial charge on any atom is -0.376 e. The molecule has 0 aromatic carbocycles. The topological polar surface area (TPSA) is 64.3 Å². The molecule has 1 saturated carbocycles. The number of carbonyl (C=O) groups excluding carboxylic acids is 1. The number of hydrogen-bond acceptors (Lipinski definition) is 4. The predicted octanol–water partition coefficient (Wildman–Crippen LogP) is 1.25. The van der Waals surface area contributed by atoms with Crippen LogP contribution in [-0.2, 0) is 4.74 Å². The van der Waals surface area contributed by atoms with E-state index in [-0.39, 0.29) is 24.1 Å². The van der Waals surface area contributed by atoms with Gasteiger partial charge in [-0.2, -0.15) is 0 Å². The normalized spacial score (nSPS) is 35.2. The maximum absolute atomic E-state index is 12.0. The zero-order valence-corrected chi connectivity index (χ0v) is 10.6. The van der Waals surface area contributed by atoms with Crippen molar-refractivity contribution in [2.45, 2.75) is 24.6 Å². The predicted molar refractivity (Wildman–Crippen MR) is 66.4 cm³/mol. The van der Waals surface area contributed by atoms with Crippen molar-refractivity contribution in [2.75, 3.05) is 6.61 Å². The standard InChI is InChI=1S/C11H13ClN2O2S/c12-6-2-4-17-10(6)11(15)14-8-7(13)5-1-3-16-9(5)8/h2,4-5,7-9H,1,3,13H2,(H,14,15). The first-order valence-corrected chi connectivity index (χ1v) is 6.85. The highest BCUT2D eigenvalue weighted by Gasteiger charge is 2.52. The van der Waals surface area contributed by atoms with Crippen LogP contribution < -0.4 is 11.1 Å². The van der Waals surface area contributed by atoms with Crippen LogP contribution in [0.25, 0.3) is 0 Å². The van der Waals surface area contributed by atoms with Crippen LogP contribution >= 0.6 is 22.9 Å². The number of carbonyl (C=O) groups is 1. The lowest BCUT2D eigenvalue weighted by Gasteiger charge is -2.45. The van der Waals surface area contributed by atoms with E-state index in [1.807, 2.05) is 0 Å². The van der Waals surface area contributed by atoms with Crippen LogP contribution in [0, 0.1) is 5.92 Å². The smallest absolute Gasteiger partial charge is 0.263 e. The number of halogens is 1. The molecule has 1 aromatic heterocycles. The third-order valence-corrected chi connectivity index (χ3v) is 4.91. The molecule has 4 unspecified atom stereocenters. The zero-order valence-electron chi connectivity index (χ0n) is 9.06. The van der Waals surface area contributed by atoms with Crippen molar-refractivity contribution in [1.82, 2.24) is 5.32 Å².